The molecule has 0 radical (unpaired) electrons. The molecule has 0 aliphatic heterocycles. The van der Waals surface area contributed by atoms with Gasteiger partial charge in [0.2, 0.25) is 0 Å². The van der Waals surface area contributed by atoms with Gasteiger partial charge in [-0.2, -0.15) is 0 Å². The first-order valence-electron chi connectivity index (χ1n) is 5.70. The molecule has 7 nitrogen and oxygen atoms in total. The smallest absolute Gasteiger partial charge is 0.310 e. The fraction of sp³-hybridized carbons (Fsp3) is 0.455. The molecule has 1 rings (SSSR count). The molecule has 106 valence electrons. The molecule has 0 aliphatic rings. The second kappa shape index (κ2) is 6.48. The van der Waals surface area contributed by atoms with E-state index < -0.39 is 14.8 Å². The molecule has 0 spiro atoms. The number of nitro groups is 1. The summed E-state index contributed by atoms with van der Waals surface area (Å²) in [5.74, 6) is -0.117. The summed E-state index contributed by atoms with van der Waals surface area (Å²) < 4.78 is 27.8. The van der Waals surface area contributed by atoms with E-state index in [1.807, 2.05) is 0 Å². The van der Waals surface area contributed by atoms with Crippen molar-refractivity contribution in [2.24, 2.45) is 5.73 Å². The lowest BCUT2D eigenvalue weighted by Crippen LogP contribution is -2.16. The summed E-state index contributed by atoms with van der Waals surface area (Å²) in [6.45, 7) is 1.64. The minimum Gasteiger partial charge on any atom is -0.486 e. The Morgan fingerprint density at radius 2 is 2.11 bits per heavy atom. The molecule has 0 unspecified atom stereocenters. The third-order valence-electron chi connectivity index (χ3n) is 2.55. The maximum absolute atomic E-state index is 11.3. The van der Waals surface area contributed by atoms with Crippen molar-refractivity contribution in [1.29, 1.82) is 0 Å². The molecular weight excluding hydrogens is 272 g/mol. The molecule has 2 N–H and O–H groups in total. The Hall–Kier alpha value is -1.67. The molecule has 0 saturated heterocycles. The second-order valence-corrected chi connectivity index (χ2v) is 6.32. The largest absolute Gasteiger partial charge is 0.486 e. The van der Waals surface area contributed by atoms with E-state index in [1.54, 1.807) is 0 Å². The minimum absolute atomic E-state index is 0.0152. The maximum Gasteiger partial charge on any atom is 0.310 e. The normalized spacial score (nSPS) is 11.3. The van der Waals surface area contributed by atoms with E-state index in [0.29, 0.717) is 5.56 Å². The molecule has 0 amide bonds. The summed E-state index contributed by atoms with van der Waals surface area (Å²) in [4.78, 5) is 10.2. The van der Waals surface area contributed by atoms with Crippen molar-refractivity contribution in [2.75, 3.05) is 18.1 Å². The molecule has 1 aromatic carbocycles. The van der Waals surface area contributed by atoms with Gasteiger partial charge in [-0.05, 0) is 11.6 Å². The van der Waals surface area contributed by atoms with Crippen LogP contribution in [0.2, 0.25) is 0 Å². The summed E-state index contributed by atoms with van der Waals surface area (Å²) in [6, 6.07) is 4.29. The van der Waals surface area contributed by atoms with Gasteiger partial charge in [-0.15, -0.1) is 0 Å². The number of rotatable bonds is 7. The van der Waals surface area contributed by atoms with Gasteiger partial charge in [0.05, 0.1) is 10.7 Å². The number of nitrogens with zero attached hydrogens (tertiary/aromatic N) is 1. The van der Waals surface area contributed by atoms with Crippen LogP contribution < -0.4 is 10.5 Å². The first kappa shape index (κ1) is 15.4. The second-order valence-electron chi connectivity index (χ2n) is 3.85. The van der Waals surface area contributed by atoms with Crippen molar-refractivity contribution in [3.63, 3.8) is 0 Å². The molecule has 0 aliphatic carbocycles. The molecule has 0 heterocycles. The van der Waals surface area contributed by atoms with Crippen LogP contribution in [0.5, 0.6) is 5.75 Å². The molecule has 0 aromatic heterocycles. The van der Waals surface area contributed by atoms with E-state index >= 15 is 0 Å². The van der Waals surface area contributed by atoms with Gasteiger partial charge in [0.25, 0.3) is 0 Å². The Labute approximate surface area is 111 Å². The first-order chi connectivity index (χ1) is 8.89. The van der Waals surface area contributed by atoms with Gasteiger partial charge >= 0.3 is 5.69 Å². The average molecular weight is 288 g/mol. The molecule has 0 atom stereocenters. The van der Waals surface area contributed by atoms with Crippen LogP contribution >= 0.6 is 0 Å². The summed E-state index contributed by atoms with van der Waals surface area (Å²) >= 11 is 0. The monoisotopic (exact) mass is 288 g/mol. The van der Waals surface area contributed by atoms with Gasteiger partial charge in [-0.1, -0.05) is 13.0 Å². The van der Waals surface area contributed by atoms with E-state index in [1.165, 1.54) is 25.1 Å². The highest BCUT2D eigenvalue weighted by atomic mass is 32.2. The van der Waals surface area contributed by atoms with Crippen LogP contribution in [0.4, 0.5) is 5.69 Å². The Morgan fingerprint density at radius 1 is 1.42 bits per heavy atom. The van der Waals surface area contributed by atoms with Crippen LogP contribution in [-0.2, 0) is 16.4 Å². The number of hydrogen-bond donors (Lipinski definition) is 1. The van der Waals surface area contributed by atoms with Crippen molar-refractivity contribution in [3.8, 4) is 5.75 Å². The zero-order chi connectivity index (χ0) is 14.5. The van der Waals surface area contributed by atoms with E-state index in [0.717, 1.165) is 0 Å². The molecule has 0 bridgehead atoms. The number of benzene rings is 1. The number of sulfone groups is 1. The minimum atomic E-state index is -3.16. The predicted molar refractivity (Wildman–Crippen MR) is 70.8 cm³/mol. The number of hydrogen-bond acceptors (Lipinski definition) is 6. The van der Waals surface area contributed by atoms with Crippen LogP contribution in [0.3, 0.4) is 0 Å². The lowest BCUT2D eigenvalue weighted by Gasteiger charge is -2.08. The van der Waals surface area contributed by atoms with Crippen molar-refractivity contribution >= 4 is 15.5 Å². The summed E-state index contributed by atoms with van der Waals surface area (Å²) in [7, 11) is -3.16. The van der Waals surface area contributed by atoms with E-state index in [-0.39, 0.29) is 36.1 Å². The molecular formula is C11H16N2O5S. The fourth-order valence-electron chi connectivity index (χ4n) is 1.37. The Morgan fingerprint density at radius 3 is 2.63 bits per heavy atom. The highest BCUT2D eigenvalue weighted by molar-refractivity contribution is 7.91. The lowest BCUT2D eigenvalue weighted by atomic mass is 10.2. The van der Waals surface area contributed by atoms with E-state index in [4.69, 9.17) is 10.5 Å². The fourth-order valence-corrected chi connectivity index (χ4v) is 2.00. The van der Waals surface area contributed by atoms with E-state index in [9.17, 15) is 18.5 Å². The van der Waals surface area contributed by atoms with Crippen molar-refractivity contribution in [3.05, 3.63) is 33.9 Å². The molecule has 8 heteroatoms. The SMILES string of the molecule is CCS(=O)(=O)CCOc1cc(CN)ccc1[N+](=O)[O-]. The lowest BCUT2D eigenvalue weighted by molar-refractivity contribution is -0.385. The van der Waals surface area contributed by atoms with Crippen LogP contribution in [-0.4, -0.2) is 31.5 Å². The topological polar surface area (TPSA) is 113 Å². The third kappa shape index (κ3) is 4.49. The Bertz CT molecular complexity index is 556. The summed E-state index contributed by atoms with van der Waals surface area (Å²) in [5, 5.41) is 10.8. The van der Waals surface area contributed by atoms with Gasteiger partial charge in [0, 0.05) is 18.4 Å². The third-order valence-corrected chi connectivity index (χ3v) is 4.22. The highest BCUT2D eigenvalue weighted by Crippen LogP contribution is 2.27. The van der Waals surface area contributed by atoms with Crippen LogP contribution in [0, 0.1) is 10.1 Å². The van der Waals surface area contributed by atoms with Crippen LogP contribution in [0.1, 0.15) is 12.5 Å². The zero-order valence-corrected chi connectivity index (χ0v) is 11.4. The Balaban J connectivity index is 2.84. The van der Waals surface area contributed by atoms with Crippen molar-refractivity contribution in [1.82, 2.24) is 0 Å². The van der Waals surface area contributed by atoms with Crippen molar-refractivity contribution < 1.29 is 18.1 Å². The molecule has 19 heavy (non-hydrogen) atoms. The number of nitrogens with two attached hydrogens (primary N) is 1. The van der Waals surface area contributed by atoms with Crippen LogP contribution in [0.15, 0.2) is 18.2 Å². The summed E-state index contributed by atoms with van der Waals surface area (Å²) in [6.07, 6.45) is 0. The molecule has 1 aromatic rings. The van der Waals surface area contributed by atoms with Gasteiger partial charge in [-0.25, -0.2) is 8.42 Å². The first-order valence-corrected chi connectivity index (χ1v) is 7.52. The maximum atomic E-state index is 11.3. The molecule has 0 fully saturated rings. The van der Waals surface area contributed by atoms with Crippen LogP contribution in [0.25, 0.3) is 0 Å². The van der Waals surface area contributed by atoms with Gasteiger partial charge in [0.1, 0.15) is 6.61 Å². The highest BCUT2D eigenvalue weighted by Gasteiger charge is 2.16. The average Bonchev–Trinajstić information content (AvgIpc) is 2.38. The molecule has 0 saturated carbocycles. The van der Waals surface area contributed by atoms with Gasteiger partial charge in [-0.3, -0.25) is 10.1 Å². The van der Waals surface area contributed by atoms with Crippen molar-refractivity contribution in [2.45, 2.75) is 13.5 Å². The number of ether oxygens (including phenoxy) is 1. The zero-order valence-electron chi connectivity index (χ0n) is 10.5. The number of nitro benzene ring substituents is 1. The van der Waals surface area contributed by atoms with Gasteiger partial charge < -0.3 is 10.5 Å². The predicted octanol–water partition coefficient (Wildman–Crippen LogP) is 0.867. The standard InChI is InChI=1S/C11H16N2O5S/c1-2-19(16,17)6-5-18-11-7-9(8-12)3-4-10(11)13(14)15/h3-4,7H,2,5-6,8,12H2,1H3. The van der Waals surface area contributed by atoms with E-state index in [2.05, 4.69) is 0 Å². The quantitative estimate of drug-likeness (QED) is 0.588. The summed E-state index contributed by atoms with van der Waals surface area (Å²) in [5.41, 5.74) is 5.92. The van der Waals surface area contributed by atoms with Gasteiger partial charge in [0.15, 0.2) is 15.6 Å². The Kier molecular flexibility index (Phi) is 5.25.